The fraction of sp³-hybridized carbons (Fsp3) is 0.0870. The summed E-state index contributed by atoms with van der Waals surface area (Å²) >= 11 is 5.16. The smallest absolute Gasteiger partial charge is 0.260 e. The van der Waals surface area contributed by atoms with Crippen LogP contribution in [0.1, 0.15) is 22.8 Å². The zero-order chi connectivity index (χ0) is 22.0. The topological polar surface area (TPSA) is 87.4 Å². The molecule has 1 heterocycles. The maximum absolute atomic E-state index is 13.8. The van der Waals surface area contributed by atoms with Crippen LogP contribution in [0, 0.1) is 5.82 Å². The standard InChI is InChI=1S/C23H18FN3O3S/c1-2-13-7-10-20-18(11-13)26-22(30-20)16-12-14(8-9-19(16)28)25-23(31)27-21(29)15-5-3-4-6-17(15)24/h3-12,28H,2H2,1H3,(H2,25,27,29,31). The molecule has 0 unspecified atom stereocenters. The summed E-state index contributed by atoms with van der Waals surface area (Å²) in [6, 6.07) is 16.0. The van der Waals surface area contributed by atoms with Gasteiger partial charge >= 0.3 is 0 Å². The highest BCUT2D eigenvalue weighted by Crippen LogP contribution is 2.33. The van der Waals surface area contributed by atoms with Crippen LogP contribution in [0.2, 0.25) is 0 Å². The fourth-order valence-electron chi connectivity index (χ4n) is 3.07. The number of nitrogens with zero attached hydrogens (tertiary/aromatic N) is 1. The van der Waals surface area contributed by atoms with Gasteiger partial charge in [0.1, 0.15) is 17.1 Å². The SMILES string of the molecule is CCc1ccc2oc(-c3cc(NC(=S)NC(=O)c4ccccc4F)ccc3O)nc2c1. The number of carbonyl (C=O) groups excluding carboxylic acids is 1. The van der Waals surface area contributed by atoms with Crippen molar-refractivity contribution in [3.05, 3.63) is 77.6 Å². The Bertz CT molecular complexity index is 1300. The maximum Gasteiger partial charge on any atom is 0.260 e. The quantitative estimate of drug-likeness (QED) is 0.308. The lowest BCUT2D eigenvalue weighted by atomic mass is 10.1. The summed E-state index contributed by atoms with van der Waals surface area (Å²) in [6.07, 6.45) is 0.874. The number of halogens is 1. The molecule has 0 saturated carbocycles. The molecule has 3 N–H and O–H groups in total. The van der Waals surface area contributed by atoms with E-state index < -0.39 is 11.7 Å². The zero-order valence-corrected chi connectivity index (χ0v) is 17.3. The summed E-state index contributed by atoms with van der Waals surface area (Å²) in [5, 5.41) is 15.6. The molecule has 0 radical (unpaired) electrons. The van der Waals surface area contributed by atoms with E-state index in [0.717, 1.165) is 12.0 Å². The number of aromatic hydroxyl groups is 1. The number of aromatic nitrogens is 1. The fourth-order valence-corrected chi connectivity index (χ4v) is 3.28. The molecule has 4 rings (SSSR count). The number of rotatable bonds is 4. The van der Waals surface area contributed by atoms with Crippen LogP contribution in [0.25, 0.3) is 22.6 Å². The first kappa shape index (κ1) is 20.5. The van der Waals surface area contributed by atoms with Crippen LogP contribution in [0.3, 0.4) is 0 Å². The van der Waals surface area contributed by atoms with E-state index in [1.54, 1.807) is 18.2 Å². The van der Waals surface area contributed by atoms with Crippen molar-refractivity contribution in [1.29, 1.82) is 0 Å². The number of hydrogen-bond acceptors (Lipinski definition) is 5. The number of oxazole rings is 1. The zero-order valence-electron chi connectivity index (χ0n) is 16.5. The number of fused-ring (bicyclic) bond motifs is 1. The predicted molar refractivity (Wildman–Crippen MR) is 121 cm³/mol. The Morgan fingerprint density at radius 2 is 1.97 bits per heavy atom. The molecule has 0 bridgehead atoms. The Labute approximate surface area is 182 Å². The predicted octanol–water partition coefficient (Wildman–Crippen LogP) is 5.03. The van der Waals surface area contributed by atoms with Crippen molar-refractivity contribution in [2.75, 3.05) is 5.32 Å². The number of hydrogen-bond donors (Lipinski definition) is 3. The van der Waals surface area contributed by atoms with Crippen molar-refractivity contribution in [1.82, 2.24) is 10.3 Å². The van der Waals surface area contributed by atoms with E-state index in [4.69, 9.17) is 16.6 Å². The molecule has 0 saturated heterocycles. The molecular weight excluding hydrogens is 417 g/mol. The van der Waals surface area contributed by atoms with Crippen LogP contribution < -0.4 is 10.6 Å². The van der Waals surface area contributed by atoms with Crippen molar-refractivity contribution in [2.24, 2.45) is 0 Å². The number of benzene rings is 3. The number of anilines is 1. The van der Waals surface area contributed by atoms with E-state index in [2.05, 4.69) is 22.5 Å². The van der Waals surface area contributed by atoms with E-state index in [-0.39, 0.29) is 22.3 Å². The van der Waals surface area contributed by atoms with Crippen LogP contribution >= 0.6 is 12.2 Å². The Hall–Kier alpha value is -3.78. The van der Waals surface area contributed by atoms with Crippen molar-refractivity contribution in [2.45, 2.75) is 13.3 Å². The van der Waals surface area contributed by atoms with E-state index in [9.17, 15) is 14.3 Å². The van der Waals surface area contributed by atoms with Crippen LogP contribution in [-0.4, -0.2) is 21.1 Å². The Kier molecular flexibility index (Phi) is 5.64. The molecule has 0 aliphatic carbocycles. The highest BCUT2D eigenvalue weighted by atomic mass is 32.1. The summed E-state index contributed by atoms with van der Waals surface area (Å²) < 4.78 is 19.6. The average molecular weight is 435 g/mol. The van der Waals surface area contributed by atoms with Gasteiger partial charge in [0.15, 0.2) is 10.7 Å². The lowest BCUT2D eigenvalue weighted by molar-refractivity contribution is 0.0974. The number of thiocarbonyl (C=S) groups is 1. The lowest BCUT2D eigenvalue weighted by Gasteiger charge is -2.11. The second-order valence-corrected chi connectivity index (χ2v) is 7.20. The molecule has 31 heavy (non-hydrogen) atoms. The highest BCUT2D eigenvalue weighted by molar-refractivity contribution is 7.80. The first-order valence-electron chi connectivity index (χ1n) is 9.54. The molecule has 8 heteroatoms. The number of aryl methyl sites for hydroxylation is 1. The monoisotopic (exact) mass is 435 g/mol. The van der Waals surface area contributed by atoms with Gasteiger partial charge in [0.2, 0.25) is 5.89 Å². The summed E-state index contributed by atoms with van der Waals surface area (Å²) in [4.78, 5) is 16.7. The molecule has 3 aromatic carbocycles. The number of amides is 1. The van der Waals surface area contributed by atoms with Crippen LogP contribution in [0.4, 0.5) is 10.1 Å². The minimum atomic E-state index is -0.666. The van der Waals surface area contributed by atoms with Crippen molar-refractivity contribution in [3.8, 4) is 17.2 Å². The van der Waals surface area contributed by atoms with Gasteiger partial charge in [-0.2, -0.15) is 0 Å². The second kappa shape index (κ2) is 8.53. The van der Waals surface area contributed by atoms with Gasteiger partial charge < -0.3 is 14.8 Å². The van der Waals surface area contributed by atoms with Crippen molar-refractivity contribution in [3.63, 3.8) is 0 Å². The minimum absolute atomic E-state index is 0.0185. The number of nitrogens with one attached hydrogen (secondary N) is 2. The molecule has 0 atom stereocenters. The van der Waals surface area contributed by atoms with E-state index in [1.165, 1.54) is 24.3 Å². The normalized spacial score (nSPS) is 10.8. The van der Waals surface area contributed by atoms with Crippen molar-refractivity contribution < 1.29 is 18.7 Å². The molecule has 0 aliphatic heterocycles. The van der Waals surface area contributed by atoms with Gasteiger partial charge in [-0.3, -0.25) is 10.1 Å². The first-order valence-corrected chi connectivity index (χ1v) is 9.95. The third kappa shape index (κ3) is 4.39. The maximum atomic E-state index is 13.8. The highest BCUT2D eigenvalue weighted by Gasteiger charge is 2.15. The Morgan fingerprint density at radius 3 is 2.74 bits per heavy atom. The van der Waals surface area contributed by atoms with Gasteiger partial charge in [-0.05, 0) is 66.7 Å². The third-order valence-corrected chi connectivity index (χ3v) is 4.89. The molecule has 0 aliphatic rings. The van der Waals surface area contributed by atoms with Gasteiger partial charge in [0.05, 0.1) is 11.1 Å². The van der Waals surface area contributed by atoms with Gasteiger partial charge in [0.25, 0.3) is 5.91 Å². The van der Waals surface area contributed by atoms with Crippen molar-refractivity contribution >= 4 is 40.0 Å². The molecule has 156 valence electrons. The summed E-state index contributed by atoms with van der Waals surface area (Å²) in [7, 11) is 0. The van der Waals surface area contributed by atoms with Crippen LogP contribution in [0.15, 0.2) is 65.1 Å². The molecule has 4 aromatic rings. The van der Waals surface area contributed by atoms with E-state index in [0.29, 0.717) is 22.4 Å². The first-order chi connectivity index (χ1) is 14.9. The summed E-state index contributed by atoms with van der Waals surface area (Å²) in [6.45, 7) is 2.05. The number of phenolic OH excluding ortho intramolecular Hbond substituents is 1. The summed E-state index contributed by atoms with van der Waals surface area (Å²) in [5.41, 5.74) is 3.17. The average Bonchev–Trinajstić information content (AvgIpc) is 3.18. The van der Waals surface area contributed by atoms with Crippen LogP contribution in [0.5, 0.6) is 5.75 Å². The second-order valence-electron chi connectivity index (χ2n) is 6.79. The Morgan fingerprint density at radius 1 is 1.16 bits per heavy atom. The van der Waals surface area contributed by atoms with Gasteiger partial charge in [-0.1, -0.05) is 25.1 Å². The molecule has 1 aromatic heterocycles. The minimum Gasteiger partial charge on any atom is -0.507 e. The summed E-state index contributed by atoms with van der Waals surface area (Å²) in [5.74, 6) is -1.07. The van der Waals surface area contributed by atoms with E-state index in [1.807, 2.05) is 18.2 Å². The van der Waals surface area contributed by atoms with Gasteiger partial charge in [-0.15, -0.1) is 0 Å². The Balaban J connectivity index is 1.54. The molecule has 1 amide bonds. The third-order valence-electron chi connectivity index (χ3n) is 4.69. The molecule has 6 nitrogen and oxygen atoms in total. The van der Waals surface area contributed by atoms with Gasteiger partial charge in [-0.25, -0.2) is 9.37 Å². The van der Waals surface area contributed by atoms with Crippen LogP contribution in [-0.2, 0) is 6.42 Å². The van der Waals surface area contributed by atoms with E-state index >= 15 is 0 Å². The number of phenols is 1. The molecule has 0 fully saturated rings. The largest absolute Gasteiger partial charge is 0.507 e. The van der Waals surface area contributed by atoms with Gasteiger partial charge in [0, 0.05) is 5.69 Å². The molecule has 0 spiro atoms. The number of carbonyl (C=O) groups is 1. The lowest BCUT2D eigenvalue weighted by Crippen LogP contribution is -2.34. The molecular formula is C23H18FN3O3S.